The van der Waals surface area contributed by atoms with E-state index in [9.17, 15) is 86.8 Å². The number of carbonyl (C=O) groups excluding carboxylic acids is 1. The van der Waals surface area contributed by atoms with Crippen molar-refractivity contribution in [3.63, 3.8) is 0 Å². The van der Waals surface area contributed by atoms with Gasteiger partial charge in [0.15, 0.2) is 37.6 Å². The molecule has 11 rings (SSSR count). The van der Waals surface area contributed by atoms with Crippen LogP contribution in [0.25, 0.3) is 0 Å². The number of ether oxygens (including phenoxy) is 12. The first-order chi connectivity index (χ1) is 43.6. The monoisotopic (exact) mass is 1340 g/mol. The molecule has 4 saturated carbocycles. The van der Waals surface area contributed by atoms with Crippen molar-refractivity contribution in [3.8, 4) is 0 Å². The molecule has 5 aliphatic carbocycles. The molecule has 6 saturated heterocycles. The second kappa shape index (κ2) is 26.9. The van der Waals surface area contributed by atoms with Crippen LogP contribution in [0.15, 0.2) is 11.6 Å². The number of fused-ring (bicyclic) bond motifs is 7. The number of rotatable bonds is 14. The highest BCUT2D eigenvalue weighted by Crippen LogP contribution is 2.76. The topological polar surface area (TPSA) is 472 Å². The van der Waals surface area contributed by atoms with Gasteiger partial charge < -0.3 is 144 Å². The second-order valence-corrected chi connectivity index (χ2v) is 30.2. The predicted octanol–water partition coefficient (Wildman–Crippen LogP) is -4.47. The summed E-state index contributed by atoms with van der Waals surface area (Å²) in [5, 5.41) is 186. The van der Waals surface area contributed by atoms with Gasteiger partial charge in [-0.2, -0.15) is 0 Å². The molecule has 10 fully saturated rings. The number of hydrogen-bond acceptors (Lipinski definition) is 30. The summed E-state index contributed by atoms with van der Waals surface area (Å²) in [6.45, 7) is 13.6. The van der Waals surface area contributed by atoms with Gasteiger partial charge in [-0.3, -0.25) is 4.79 Å². The van der Waals surface area contributed by atoms with Gasteiger partial charge in [-0.05, 0) is 111 Å². The molecule has 0 bridgehead atoms. The summed E-state index contributed by atoms with van der Waals surface area (Å²) >= 11 is 0. The summed E-state index contributed by atoms with van der Waals surface area (Å²) in [6, 6.07) is 0. The van der Waals surface area contributed by atoms with Crippen LogP contribution in [-0.4, -0.2) is 303 Å². The standard InChI is InChI=1S/C63H102O30/c1-24-11-16-63(57(80)93-56-48(91-53-45(78)40(73)35(68)25(2)86-53)42(75)39(72)31(88-56)23-85-51-43(76)36(69)27(65)20-82-51)18-17-60(6)26(50(63)62(24,8)81)9-10-33-59(5)14-13-34(58(3,4)32(59)12-15-61(33,60)7)89-55-49(92-52-44(77)37(70)28(66)21-83-52)47(29(67)22-84-55)90-54-46(79)41(74)38(71)30(19-64)87-54/h9,24-25,27-56,64-79,81H,10-23H2,1-8H3. The molecule has 0 spiro atoms. The van der Waals surface area contributed by atoms with E-state index < -0.39 is 244 Å². The lowest BCUT2D eigenvalue weighted by atomic mass is 9.33. The fourth-order valence-electron chi connectivity index (χ4n) is 18.7. The zero-order valence-corrected chi connectivity index (χ0v) is 53.9. The number of aliphatic hydroxyl groups excluding tert-OH is 16. The number of esters is 1. The Morgan fingerprint density at radius 2 is 1.08 bits per heavy atom. The minimum absolute atomic E-state index is 0.00383. The van der Waals surface area contributed by atoms with Gasteiger partial charge in [-0.25, -0.2) is 0 Å². The molecule has 0 aromatic rings. The SMILES string of the molecule is CC1OC(OC2C(OC(=O)C34CCC(C)C(C)(O)C3C3=CCC5C6(C)CCC(OC7OCC(O)C(OC8OC(CO)C(O)C(O)C8O)C7OC7OCC(O)C(O)C7O)C(C)(C)C6CCC5(C)C3(C)CC4)OC(COC3OCC(O)C(O)C3O)C(O)C2O)C(O)C(O)C1O. The Morgan fingerprint density at radius 3 is 1.74 bits per heavy atom. The van der Waals surface area contributed by atoms with Crippen LogP contribution in [0.4, 0.5) is 0 Å². The molecule has 11 aliphatic rings. The first-order valence-electron chi connectivity index (χ1n) is 33.1. The maximum Gasteiger partial charge on any atom is 0.315 e. The van der Waals surface area contributed by atoms with Gasteiger partial charge in [0.1, 0.15) is 116 Å². The normalized spacial score (nSPS) is 55.7. The molecule has 17 N–H and O–H groups in total. The van der Waals surface area contributed by atoms with Crippen LogP contribution < -0.4 is 0 Å². The Hall–Kier alpha value is -1.91. The van der Waals surface area contributed by atoms with E-state index in [2.05, 4.69) is 40.7 Å². The van der Waals surface area contributed by atoms with Crippen LogP contribution in [0.1, 0.15) is 113 Å². The predicted molar refractivity (Wildman–Crippen MR) is 310 cm³/mol. The summed E-state index contributed by atoms with van der Waals surface area (Å²) in [7, 11) is 0. The molecule has 0 aromatic carbocycles. The Balaban J connectivity index is 0.857. The summed E-state index contributed by atoms with van der Waals surface area (Å²) in [6.07, 6.45) is -38.4. The van der Waals surface area contributed by atoms with Gasteiger partial charge in [0.05, 0.1) is 56.3 Å². The van der Waals surface area contributed by atoms with Crippen molar-refractivity contribution in [1.82, 2.24) is 0 Å². The highest BCUT2D eigenvalue weighted by Gasteiger charge is 2.72. The molecule has 6 aliphatic heterocycles. The summed E-state index contributed by atoms with van der Waals surface area (Å²) in [5.74, 6) is -1.92. The van der Waals surface area contributed by atoms with Crippen LogP contribution in [0.2, 0.25) is 0 Å². The van der Waals surface area contributed by atoms with Crippen LogP contribution in [0, 0.1) is 50.7 Å². The molecule has 0 amide bonds. The van der Waals surface area contributed by atoms with Gasteiger partial charge in [0.25, 0.3) is 0 Å². The fourth-order valence-corrected chi connectivity index (χ4v) is 18.7. The minimum Gasteiger partial charge on any atom is -0.432 e. The van der Waals surface area contributed by atoms with Crippen molar-refractivity contribution in [3.05, 3.63) is 11.6 Å². The van der Waals surface area contributed by atoms with E-state index in [1.807, 2.05) is 6.92 Å². The lowest BCUT2D eigenvalue weighted by Crippen LogP contribution is -2.69. The van der Waals surface area contributed by atoms with E-state index in [0.717, 1.165) is 5.57 Å². The fraction of sp³-hybridized carbons (Fsp3) is 0.952. The van der Waals surface area contributed by atoms with E-state index in [4.69, 9.17) is 56.8 Å². The third-order valence-corrected chi connectivity index (χ3v) is 24.8. The van der Waals surface area contributed by atoms with Crippen molar-refractivity contribution >= 4 is 5.97 Å². The third kappa shape index (κ3) is 12.2. The van der Waals surface area contributed by atoms with E-state index in [0.29, 0.717) is 44.9 Å². The Kier molecular flexibility index (Phi) is 20.9. The van der Waals surface area contributed by atoms with E-state index >= 15 is 4.79 Å². The quantitative estimate of drug-likeness (QED) is 0.0443. The molecular formula is C63H102O30. The molecule has 0 aromatic heterocycles. The maximum absolute atomic E-state index is 15.8. The summed E-state index contributed by atoms with van der Waals surface area (Å²) in [4.78, 5) is 15.8. The maximum atomic E-state index is 15.8. The number of aliphatic hydroxyl groups is 17. The number of carbonyl (C=O) groups is 1. The average molecular weight is 1340 g/mol. The molecule has 30 nitrogen and oxygen atoms in total. The Labute approximate surface area is 539 Å². The molecule has 6 heterocycles. The smallest absolute Gasteiger partial charge is 0.315 e. The van der Waals surface area contributed by atoms with Crippen LogP contribution in [0.3, 0.4) is 0 Å². The van der Waals surface area contributed by atoms with E-state index in [-0.39, 0.29) is 36.0 Å². The van der Waals surface area contributed by atoms with Gasteiger partial charge in [0, 0.05) is 5.92 Å². The largest absolute Gasteiger partial charge is 0.432 e. The Bertz CT molecular complexity index is 2620. The molecule has 534 valence electrons. The molecule has 37 atom stereocenters. The first kappa shape index (κ1) is 72.3. The molecule has 0 radical (unpaired) electrons. The van der Waals surface area contributed by atoms with Gasteiger partial charge >= 0.3 is 5.97 Å². The van der Waals surface area contributed by atoms with Crippen LogP contribution in [0.5, 0.6) is 0 Å². The lowest BCUT2D eigenvalue weighted by molar-refractivity contribution is -0.384. The van der Waals surface area contributed by atoms with E-state index in [1.165, 1.54) is 6.92 Å². The summed E-state index contributed by atoms with van der Waals surface area (Å²) in [5.41, 5.74) is -4.05. The zero-order chi connectivity index (χ0) is 67.7. The highest BCUT2D eigenvalue weighted by atomic mass is 16.8. The molecule has 93 heavy (non-hydrogen) atoms. The first-order valence-corrected chi connectivity index (χ1v) is 33.1. The highest BCUT2D eigenvalue weighted by molar-refractivity contribution is 5.79. The second-order valence-electron chi connectivity index (χ2n) is 30.2. The van der Waals surface area contributed by atoms with Crippen molar-refractivity contribution in [2.75, 3.05) is 33.0 Å². The zero-order valence-electron chi connectivity index (χ0n) is 53.9. The lowest BCUT2D eigenvalue weighted by Gasteiger charge is -2.72. The van der Waals surface area contributed by atoms with Crippen LogP contribution >= 0.6 is 0 Å². The van der Waals surface area contributed by atoms with Crippen molar-refractivity contribution in [2.24, 2.45) is 50.7 Å². The van der Waals surface area contributed by atoms with Gasteiger partial charge in [0.2, 0.25) is 6.29 Å². The third-order valence-electron chi connectivity index (χ3n) is 24.8. The van der Waals surface area contributed by atoms with Crippen molar-refractivity contribution in [2.45, 2.75) is 291 Å². The Morgan fingerprint density at radius 1 is 0.516 bits per heavy atom. The molecule has 37 unspecified atom stereocenters. The average Bonchev–Trinajstić information content (AvgIpc) is 0.672. The van der Waals surface area contributed by atoms with Crippen molar-refractivity contribution in [1.29, 1.82) is 0 Å². The van der Waals surface area contributed by atoms with E-state index in [1.54, 1.807) is 6.92 Å². The summed E-state index contributed by atoms with van der Waals surface area (Å²) < 4.78 is 72.7. The number of allylic oxidation sites excluding steroid dienone is 1. The molecule has 30 heteroatoms. The van der Waals surface area contributed by atoms with Gasteiger partial charge in [-0.1, -0.05) is 53.2 Å². The van der Waals surface area contributed by atoms with Crippen LogP contribution in [-0.2, 0) is 61.6 Å². The minimum atomic E-state index is -1.98. The van der Waals surface area contributed by atoms with Gasteiger partial charge in [-0.15, -0.1) is 0 Å². The van der Waals surface area contributed by atoms with Crippen molar-refractivity contribution < 1.29 is 148 Å². The molecular weight excluding hydrogens is 1240 g/mol. The number of hydrogen-bond donors (Lipinski definition) is 17.